The maximum atomic E-state index is 13.0. The summed E-state index contributed by atoms with van der Waals surface area (Å²) in [5, 5.41) is 25.6. The largest absolute Gasteiger partial charge is 0.372 e. The summed E-state index contributed by atoms with van der Waals surface area (Å²) in [6, 6.07) is 6.57. The number of likely N-dealkylation sites (N-methyl/N-ethyl adjacent to an activating group) is 1. The Kier molecular flexibility index (Phi) is 4.00. The van der Waals surface area contributed by atoms with Crippen molar-refractivity contribution in [2.75, 3.05) is 13.1 Å². The van der Waals surface area contributed by atoms with Crippen LogP contribution < -0.4 is 5.32 Å². The van der Waals surface area contributed by atoms with Gasteiger partial charge in [-0.25, -0.2) is 0 Å². The van der Waals surface area contributed by atoms with Gasteiger partial charge in [0.05, 0.1) is 5.57 Å². The number of carbonyl (C=O) groups excluding carboxylic acids is 2. The minimum Gasteiger partial charge on any atom is -0.372 e. The van der Waals surface area contributed by atoms with Gasteiger partial charge < -0.3 is 20.4 Å². The molecular formula is C19H24N2O4. The molecule has 2 atom stereocenters. The Balaban J connectivity index is 2.17. The molecule has 0 bridgehead atoms. The van der Waals surface area contributed by atoms with Crippen LogP contribution >= 0.6 is 0 Å². The summed E-state index contributed by atoms with van der Waals surface area (Å²) >= 11 is 0. The molecule has 0 fully saturated rings. The van der Waals surface area contributed by atoms with Crippen LogP contribution in [0, 0.1) is 5.92 Å². The number of Topliss-reactive ketones (excluding diaryl/α,β-unsaturated/α-hetero) is 1. The highest BCUT2D eigenvalue weighted by molar-refractivity contribution is 6.17. The Morgan fingerprint density at radius 3 is 2.52 bits per heavy atom. The van der Waals surface area contributed by atoms with E-state index in [-0.39, 0.29) is 17.1 Å². The highest BCUT2D eigenvalue weighted by Gasteiger charge is 2.72. The van der Waals surface area contributed by atoms with Crippen LogP contribution in [0.25, 0.3) is 0 Å². The SMILES string of the molecule is CCN1C(C)=C(C(=O)NCC(C)C)C2(O)C(=O)c3ccccc3C12O. The average Bonchev–Trinajstić information content (AvgIpc) is 2.86. The van der Waals surface area contributed by atoms with Gasteiger partial charge in [0.2, 0.25) is 17.1 Å². The molecule has 0 saturated heterocycles. The third-order valence-corrected chi connectivity index (χ3v) is 5.11. The van der Waals surface area contributed by atoms with Crippen molar-refractivity contribution in [1.82, 2.24) is 10.2 Å². The lowest BCUT2D eigenvalue weighted by atomic mass is 9.84. The number of nitrogens with zero attached hydrogens (tertiary/aromatic N) is 1. The molecule has 0 radical (unpaired) electrons. The van der Waals surface area contributed by atoms with Gasteiger partial charge in [0.15, 0.2) is 0 Å². The molecule has 1 aromatic rings. The summed E-state index contributed by atoms with van der Waals surface area (Å²) in [5.41, 5.74) is -3.36. The molecule has 2 aliphatic rings. The summed E-state index contributed by atoms with van der Waals surface area (Å²) in [5.74, 6) is -0.946. The van der Waals surface area contributed by atoms with E-state index >= 15 is 0 Å². The zero-order valence-electron chi connectivity index (χ0n) is 15.0. The standard InChI is InChI=1S/C19H24N2O4/c1-5-21-12(4)15(17(23)20-10-11(2)3)18(24)16(22)13-8-6-7-9-14(13)19(18,21)25/h6-9,11,24-25H,5,10H2,1-4H3,(H,20,23). The van der Waals surface area contributed by atoms with Crippen molar-refractivity contribution in [3.05, 3.63) is 46.7 Å². The van der Waals surface area contributed by atoms with Crippen molar-refractivity contribution < 1.29 is 19.8 Å². The average molecular weight is 344 g/mol. The molecule has 1 aliphatic heterocycles. The maximum absolute atomic E-state index is 13.0. The smallest absolute Gasteiger partial charge is 0.252 e. The van der Waals surface area contributed by atoms with Crippen LogP contribution in [0.15, 0.2) is 35.5 Å². The van der Waals surface area contributed by atoms with E-state index in [9.17, 15) is 19.8 Å². The summed E-state index contributed by atoms with van der Waals surface area (Å²) in [6.07, 6.45) is 0. The van der Waals surface area contributed by atoms with Crippen molar-refractivity contribution in [2.45, 2.75) is 39.0 Å². The Bertz CT molecular complexity index is 785. The Morgan fingerprint density at radius 2 is 1.92 bits per heavy atom. The summed E-state index contributed by atoms with van der Waals surface area (Å²) in [6.45, 7) is 8.12. The van der Waals surface area contributed by atoms with E-state index in [4.69, 9.17) is 0 Å². The summed E-state index contributed by atoms with van der Waals surface area (Å²) in [7, 11) is 0. The van der Waals surface area contributed by atoms with Crippen molar-refractivity contribution >= 4 is 11.7 Å². The topological polar surface area (TPSA) is 89.9 Å². The lowest BCUT2D eigenvalue weighted by Crippen LogP contribution is -2.58. The molecule has 0 spiro atoms. The van der Waals surface area contributed by atoms with E-state index in [1.54, 1.807) is 31.2 Å². The van der Waals surface area contributed by atoms with Crippen LogP contribution in [0.2, 0.25) is 0 Å². The van der Waals surface area contributed by atoms with Gasteiger partial charge in [-0.3, -0.25) is 9.59 Å². The number of nitrogens with one attached hydrogen (secondary N) is 1. The quantitative estimate of drug-likeness (QED) is 0.762. The first-order valence-corrected chi connectivity index (χ1v) is 8.57. The van der Waals surface area contributed by atoms with Gasteiger partial charge in [0.1, 0.15) is 0 Å². The van der Waals surface area contributed by atoms with E-state index in [1.165, 1.54) is 4.90 Å². The fourth-order valence-corrected chi connectivity index (χ4v) is 3.98. The van der Waals surface area contributed by atoms with Gasteiger partial charge in [0, 0.05) is 29.9 Å². The Hall–Kier alpha value is -2.18. The number of amides is 1. The second kappa shape index (κ2) is 5.68. The molecule has 25 heavy (non-hydrogen) atoms. The number of aliphatic hydroxyl groups is 2. The summed E-state index contributed by atoms with van der Waals surface area (Å²) < 4.78 is 0. The third kappa shape index (κ3) is 2.04. The number of ketones is 1. The number of carbonyl (C=O) groups is 2. The van der Waals surface area contributed by atoms with Crippen LogP contribution in [0.1, 0.15) is 43.6 Å². The van der Waals surface area contributed by atoms with Crippen LogP contribution in [0.5, 0.6) is 0 Å². The van der Waals surface area contributed by atoms with Crippen LogP contribution in [-0.4, -0.2) is 45.5 Å². The zero-order chi connectivity index (χ0) is 18.6. The molecule has 1 amide bonds. The Morgan fingerprint density at radius 1 is 1.28 bits per heavy atom. The molecular weight excluding hydrogens is 320 g/mol. The lowest BCUT2D eigenvalue weighted by Gasteiger charge is -2.39. The number of allylic oxidation sites excluding steroid dienone is 1. The van der Waals surface area contributed by atoms with E-state index in [1.807, 2.05) is 20.8 Å². The molecule has 0 saturated carbocycles. The van der Waals surface area contributed by atoms with Crippen LogP contribution in [0.3, 0.4) is 0 Å². The van der Waals surface area contributed by atoms with Crippen molar-refractivity contribution in [1.29, 1.82) is 0 Å². The molecule has 6 nitrogen and oxygen atoms in total. The Labute approximate surface area is 147 Å². The highest BCUT2D eigenvalue weighted by Crippen LogP contribution is 2.56. The molecule has 1 aromatic carbocycles. The van der Waals surface area contributed by atoms with Gasteiger partial charge in [-0.15, -0.1) is 0 Å². The predicted octanol–water partition coefficient (Wildman–Crippen LogP) is 1.14. The number of rotatable bonds is 4. The molecule has 0 aromatic heterocycles. The second-order valence-electron chi connectivity index (χ2n) is 7.07. The molecule has 134 valence electrons. The van der Waals surface area contributed by atoms with Crippen LogP contribution in [-0.2, 0) is 10.5 Å². The second-order valence-corrected chi connectivity index (χ2v) is 7.07. The van der Waals surface area contributed by atoms with Crippen molar-refractivity contribution in [3.8, 4) is 0 Å². The first-order valence-electron chi connectivity index (χ1n) is 8.57. The van der Waals surface area contributed by atoms with E-state index < -0.39 is 23.0 Å². The van der Waals surface area contributed by atoms with Gasteiger partial charge in [-0.1, -0.05) is 38.1 Å². The van der Waals surface area contributed by atoms with Gasteiger partial charge in [-0.2, -0.15) is 0 Å². The lowest BCUT2D eigenvalue weighted by molar-refractivity contribution is -0.171. The molecule has 1 aliphatic carbocycles. The predicted molar refractivity (Wildman–Crippen MR) is 92.5 cm³/mol. The number of hydrogen-bond donors (Lipinski definition) is 3. The summed E-state index contributed by atoms with van der Waals surface area (Å²) in [4.78, 5) is 27.3. The minimum atomic E-state index is -2.31. The van der Waals surface area contributed by atoms with Crippen molar-refractivity contribution in [3.63, 3.8) is 0 Å². The third-order valence-electron chi connectivity index (χ3n) is 5.11. The van der Waals surface area contributed by atoms with E-state index in [0.717, 1.165) is 0 Å². The monoisotopic (exact) mass is 344 g/mol. The molecule has 6 heteroatoms. The zero-order valence-corrected chi connectivity index (χ0v) is 15.0. The number of fused-ring (bicyclic) bond motifs is 3. The molecule has 2 unspecified atom stereocenters. The van der Waals surface area contributed by atoms with Gasteiger partial charge in [-0.05, 0) is 19.8 Å². The minimum absolute atomic E-state index is 0.0706. The van der Waals surface area contributed by atoms with E-state index in [0.29, 0.717) is 24.4 Å². The molecule has 3 rings (SSSR count). The maximum Gasteiger partial charge on any atom is 0.252 e. The van der Waals surface area contributed by atoms with Crippen LogP contribution in [0.4, 0.5) is 0 Å². The molecule has 3 N–H and O–H groups in total. The van der Waals surface area contributed by atoms with Gasteiger partial charge >= 0.3 is 0 Å². The van der Waals surface area contributed by atoms with E-state index in [2.05, 4.69) is 5.32 Å². The normalized spacial score (nSPS) is 27.8. The fraction of sp³-hybridized carbons (Fsp3) is 0.474. The first-order chi connectivity index (χ1) is 11.7. The highest BCUT2D eigenvalue weighted by atomic mass is 16.4. The van der Waals surface area contributed by atoms with Crippen molar-refractivity contribution in [2.24, 2.45) is 5.92 Å². The number of benzene rings is 1. The first kappa shape index (κ1) is 17.6. The fourth-order valence-electron chi connectivity index (χ4n) is 3.98. The van der Waals surface area contributed by atoms with Gasteiger partial charge in [0.25, 0.3) is 5.91 Å². The molecule has 1 heterocycles. The number of hydrogen-bond acceptors (Lipinski definition) is 5.